The van der Waals surface area contributed by atoms with Crippen LogP contribution >= 0.6 is 11.3 Å². The molecule has 0 fully saturated rings. The van der Waals surface area contributed by atoms with Crippen molar-refractivity contribution in [3.63, 3.8) is 0 Å². The third-order valence-electron chi connectivity index (χ3n) is 5.15. The quantitative estimate of drug-likeness (QED) is 0.386. The molecule has 0 saturated heterocycles. The SMILES string of the molecule is CCc1nc2c(OCc3ccccc3C(=O)OC)cccn2c1N(C)C(=O)c1cccs1. The van der Waals surface area contributed by atoms with Gasteiger partial charge in [0.25, 0.3) is 5.91 Å². The first kappa shape index (κ1) is 21.6. The Labute approximate surface area is 189 Å². The highest BCUT2D eigenvalue weighted by molar-refractivity contribution is 7.12. The Morgan fingerprint density at radius 1 is 1.12 bits per heavy atom. The van der Waals surface area contributed by atoms with E-state index in [0.29, 0.717) is 39.6 Å². The number of amides is 1. The topological polar surface area (TPSA) is 73.1 Å². The van der Waals surface area contributed by atoms with Crippen LogP contribution < -0.4 is 9.64 Å². The van der Waals surface area contributed by atoms with Crippen molar-refractivity contribution < 1.29 is 19.1 Å². The van der Waals surface area contributed by atoms with Crippen LogP contribution in [0.5, 0.6) is 5.75 Å². The molecule has 4 rings (SSSR count). The van der Waals surface area contributed by atoms with E-state index in [1.165, 1.54) is 18.4 Å². The minimum Gasteiger partial charge on any atom is -0.485 e. The summed E-state index contributed by atoms with van der Waals surface area (Å²) in [6, 6.07) is 14.5. The molecule has 1 aromatic carbocycles. The zero-order chi connectivity index (χ0) is 22.7. The third kappa shape index (κ3) is 3.97. The molecule has 0 saturated carbocycles. The van der Waals surface area contributed by atoms with E-state index in [-0.39, 0.29) is 12.5 Å². The number of nitrogens with zero attached hydrogens (tertiary/aromatic N) is 3. The first-order valence-corrected chi connectivity index (χ1v) is 11.0. The highest BCUT2D eigenvalue weighted by Crippen LogP contribution is 2.30. The van der Waals surface area contributed by atoms with Gasteiger partial charge in [-0.15, -0.1) is 11.3 Å². The van der Waals surface area contributed by atoms with Gasteiger partial charge < -0.3 is 9.47 Å². The first-order valence-electron chi connectivity index (χ1n) is 10.2. The Balaban J connectivity index is 1.68. The monoisotopic (exact) mass is 449 g/mol. The highest BCUT2D eigenvalue weighted by Gasteiger charge is 2.23. The summed E-state index contributed by atoms with van der Waals surface area (Å²) in [5.74, 6) is 0.772. The molecule has 164 valence electrons. The lowest BCUT2D eigenvalue weighted by molar-refractivity contribution is 0.0597. The molecule has 0 N–H and O–H groups in total. The second-order valence-corrected chi connectivity index (χ2v) is 8.03. The van der Waals surface area contributed by atoms with Gasteiger partial charge in [-0.3, -0.25) is 14.1 Å². The molecule has 8 heteroatoms. The molecule has 4 aromatic rings. The summed E-state index contributed by atoms with van der Waals surface area (Å²) in [5.41, 5.74) is 2.58. The summed E-state index contributed by atoms with van der Waals surface area (Å²) in [6.07, 6.45) is 2.52. The second-order valence-electron chi connectivity index (χ2n) is 7.08. The fraction of sp³-hybridized carbons (Fsp3) is 0.208. The van der Waals surface area contributed by atoms with Gasteiger partial charge in [-0.1, -0.05) is 31.2 Å². The Bertz CT molecular complexity index is 1260. The Kier molecular flexibility index (Phi) is 6.23. The van der Waals surface area contributed by atoms with Crippen molar-refractivity contribution >= 4 is 34.7 Å². The molecular weight excluding hydrogens is 426 g/mol. The van der Waals surface area contributed by atoms with E-state index in [1.54, 1.807) is 24.1 Å². The van der Waals surface area contributed by atoms with Gasteiger partial charge in [0.15, 0.2) is 11.4 Å². The maximum atomic E-state index is 13.0. The van der Waals surface area contributed by atoms with Crippen molar-refractivity contribution in [2.45, 2.75) is 20.0 Å². The number of anilines is 1. The molecule has 0 spiro atoms. The Hall–Kier alpha value is -3.65. The van der Waals surface area contributed by atoms with Crippen LogP contribution in [0.2, 0.25) is 0 Å². The molecular formula is C24H23N3O4S. The number of imidazole rings is 1. The van der Waals surface area contributed by atoms with Crippen LogP contribution in [0.1, 0.15) is 38.2 Å². The number of fused-ring (bicyclic) bond motifs is 1. The van der Waals surface area contributed by atoms with E-state index in [2.05, 4.69) is 0 Å². The van der Waals surface area contributed by atoms with Crippen molar-refractivity contribution in [2.24, 2.45) is 0 Å². The van der Waals surface area contributed by atoms with Crippen molar-refractivity contribution in [1.82, 2.24) is 9.38 Å². The van der Waals surface area contributed by atoms with Gasteiger partial charge in [-0.05, 0) is 36.1 Å². The number of carbonyl (C=O) groups excluding carboxylic acids is 2. The van der Waals surface area contributed by atoms with Crippen LogP contribution in [0.3, 0.4) is 0 Å². The van der Waals surface area contributed by atoms with Gasteiger partial charge in [0.1, 0.15) is 12.4 Å². The van der Waals surface area contributed by atoms with E-state index in [9.17, 15) is 9.59 Å². The van der Waals surface area contributed by atoms with Gasteiger partial charge in [-0.25, -0.2) is 9.78 Å². The number of aryl methyl sites for hydroxylation is 1. The number of pyridine rings is 1. The van der Waals surface area contributed by atoms with E-state index in [1.807, 2.05) is 59.3 Å². The van der Waals surface area contributed by atoms with Gasteiger partial charge in [0.2, 0.25) is 0 Å². The summed E-state index contributed by atoms with van der Waals surface area (Å²) in [5, 5.41) is 1.88. The maximum absolute atomic E-state index is 13.0. The molecule has 7 nitrogen and oxygen atoms in total. The van der Waals surface area contributed by atoms with Gasteiger partial charge >= 0.3 is 5.97 Å². The minimum absolute atomic E-state index is 0.0881. The predicted octanol–water partition coefficient (Wildman–Crippen LogP) is 4.60. The zero-order valence-corrected chi connectivity index (χ0v) is 18.9. The number of carbonyl (C=O) groups is 2. The molecule has 0 aliphatic rings. The number of hydrogen-bond acceptors (Lipinski definition) is 6. The molecule has 0 aliphatic heterocycles. The number of hydrogen-bond donors (Lipinski definition) is 0. The molecule has 0 bridgehead atoms. The van der Waals surface area contributed by atoms with Crippen LogP contribution in [0.4, 0.5) is 5.82 Å². The molecule has 0 unspecified atom stereocenters. The highest BCUT2D eigenvalue weighted by atomic mass is 32.1. The fourth-order valence-corrected chi connectivity index (χ4v) is 4.25. The summed E-state index contributed by atoms with van der Waals surface area (Å²) in [4.78, 5) is 32.1. The molecule has 0 aliphatic carbocycles. The van der Waals surface area contributed by atoms with E-state index in [0.717, 1.165) is 5.69 Å². The average Bonchev–Trinajstić information content (AvgIpc) is 3.49. The Morgan fingerprint density at radius 2 is 1.94 bits per heavy atom. The lowest BCUT2D eigenvalue weighted by atomic mass is 10.1. The number of thiophene rings is 1. The lowest BCUT2D eigenvalue weighted by Crippen LogP contribution is -2.27. The fourth-order valence-electron chi connectivity index (χ4n) is 3.55. The largest absolute Gasteiger partial charge is 0.485 e. The molecule has 3 aromatic heterocycles. The smallest absolute Gasteiger partial charge is 0.338 e. The van der Waals surface area contributed by atoms with Gasteiger partial charge in [0, 0.05) is 18.8 Å². The van der Waals surface area contributed by atoms with Crippen LogP contribution in [0.25, 0.3) is 5.65 Å². The summed E-state index contributed by atoms with van der Waals surface area (Å²) >= 11 is 1.41. The number of benzene rings is 1. The number of aromatic nitrogens is 2. The van der Waals surface area contributed by atoms with Crippen LogP contribution in [0, 0.1) is 0 Å². The van der Waals surface area contributed by atoms with E-state index < -0.39 is 5.97 Å². The van der Waals surface area contributed by atoms with Gasteiger partial charge in [0.05, 0.1) is 23.2 Å². The normalized spacial score (nSPS) is 10.8. The predicted molar refractivity (Wildman–Crippen MR) is 124 cm³/mol. The van der Waals surface area contributed by atoms with E-state index in [4.69, 9.17) is 14.5 Å². The average molecular weight is 450 g/mol. The zero-order valence-electron chi connectivity index (χ0n) is 18.1. The van der Waals surface area contributed by atoms with Crippen molar-refractivity contribution in [1.29, 1.82) is 0 Å². The van der Waals surface area contributed by atoms with Crippen molar-refractivity contribution in [2.75, 3.05) is 19.1 Å². The number of rotatable bonds is 7. The summed E-state index contributed by atoms with van der Waals surface area (Å²) < 4.78 is 12.8. The van der Waals surface area contributed by atoms with Crippen LogP contribution in [-0.4, -0.2) is 35.4 Å². The van der Waals surface area contributed by atoms with Crippen molar-refractivity contribution in [3.8, 4) is 5.75 Å². The number of ether oxygens (including phenoxy) is 2. The van der Waals surface area contributed by atoms with Crippen LogP contribution in [0.15, 0.2) is 60.1 Å². The summed E-state index contributed by atoms with van der Waals surface area (Å²) in [7, 11) is 3.11. The van der Waals surface area contributed by atoms with E-state index >= 15 is 0 Å². The maximum Gasteiger partial charge on any atom is 0.338 e. The molecule has 0 atom stereocenters. The lowest BCUT2D eigenvalue weighted by Gasteiger charge is -2.17. The first-order chi connectivity index (χ1) is 15.5. The standard InChI is InChI=1S/C24H23N3O4S/c1-4-18-22(26(2)23(28)20-12-8-14-32-20)27-13-7-11-19(21(27)25-18)31-15-16-9-5-6-10-17(16)24(29)30-3/h5-14H,4,15H2,1-3H3. The van der Waals surface area contributed by atoms with Crippen LogP contribution in [-0.2, 0) is 17.8 Å². The number of esters is 1. The minimum atomic E-state index is -0.410. The summed E-state index contributed by atoms with van der Waals surface area (Å²) in [6.45, 7) is 2.18. The molecule has 1 amide bonds. The van der Waals surface area contributed by atoms with Crippen molar-refractivity contribution in [3.05, 3.63) is 81.8 Å². The molecule has 0 radical (unpaired) electrons. The molecule has 32 heavy (non-hydrogen) atoms. The molecule has 3 heterocycles. The number of methoxy groups -OCH3 is 1. The second kappa shape index (κ2) is 9.23. The Morgan fingerprint density at radius 3 is 2.66 bits per heavy atom. The third-order valence-corrected chi connectivity index (χ3v) is 6.01. The van der Waals surface area contributed by atoms with Gasteiger partial charge in [-0.2, -0.15) is 0 Å².